The van der Waals surface area contributed by atoms with Crippen molar-refractivity contribution in [2.45, 2.75) is 4.90 Å². The molecule has 10 heteroatoms. The van der Waals surface area contributed by atoms with E-state index in [-0.39, 0.29) is 10.6 Å². The molecule has 1 aliphatic heterocycles. The molecule has 3 aromatic carbocycles. The average molecular weight is 500 g/mol. The SMILES string of the molecule is CN(CCNC(=O)CN(c1ccc(F)cc1)S(=O)(=O)c1ccc2c(c1)OCCO2)c1ccccc1. The summed E-state index contributed by atoms with van der Waals surface area (Å²) in [5.41, 5.74) is 1.16. The molecule has 1 aliphatic rings. The minimum atomic E-state index is -4.18. The average Bonchev–Trinajstić information content (AvgIpc) is 2.88. The van der Waals surface area contributed by atoms with Crippen LogP contribution in [0.4, 0.5) is 15.8 Å². The first kappa shape index (κ1) is 24.3. The zero-order valence-electron chi connectivity index (χ0n) is 19.2. The Balaban J connectivity index is 1.51. The van der Waals surface area contributed by atoms with Crippen LogP contribution in [0.3, 0.4) is 0 Å². The minimum absolute atomic E-state index is 0.0670. The van der Waals surface area contributed by atoms with Gasteiger partial charge < -0.3 is 19.7 Å². The smallest absolute Gasteiger partial charge is 0.264 e. The van der Waals surface area contributed by atoms with Crippen LogP contribution in [0, 0.1) is 5.82 Å². The maximum Gasteiger partial charge on any atom is 0.264 e. The molecule has 0 atom stereocenters. The first-order chi connectivity index (χ1) is 16.8. The lowest BCUT2D eigenvalue weighted by Crippen LogP contribution is -2.42. The molecule has 0 spiro atoms. The first-order valence-corrected chi connectivity index (χ1v) is 12.5. The highest BCUT2D eigenvalue weighted by molar-refractivity contribution is 7.92. The second kappa shape index (κ2) is 10.6. The predicted octanol–water partition coefficient (Wildman–Crippen LogP) is 3.04. The number of para-hydroxylation sites is 1. The molecule has 0 radical (unpaired) electrons. The molecule has 1 N–H and O–H groups in total. The lowest BCUT2D eigenvalue weighted by Gasteiger charge is -2.25. The number of hydrogen-bond acceptors (Lipinski definition) is 6. The van der Waals surface area contributed by atoms with Gasteiger partial charge in [0.25, 0.3) is 10.0 Å². The van der Waals surface area contributed by atoms with E-state index in [0.717, 1.165) is 22.1 Å². The molecule has 184 valence electrons. The summed E-state index contributed by atoms with van der Waals surface area (Å²) in [7, 11) is -2.27. The van der Waals surface area contributed by atoms with E-state index in [4.69, 9.17) is 9.47 Å². The van der Waals surface area contributed by atoms with Crippen molar-refractivity contribution < 1.29 is 27.1 Å². The van der Waals surface area contributed by atoms with Gasteiger partial charge in [-0.15, -0.1) is 0 Å². The van der Waals surface area contributed by atoms with Crippen molar-refractivity contribution in [2.24, 2.45) is 0 Å². The van der Waals surface area contributed by atoms with E-state index in [1.54, 1.807) is 0 Å². The van der Waals surface area contributed by atoms with Crippen molar-refractivity contribution >= 4 is 27.3 Å². The number of amides is 1. The van der Waals surface area contributed by atoms with Crippen LogP contribution in [0.1, 0.15) is 0 Å². The number of carbonyl (C=O) groups excluding carboxylic acids is 1. The Morgan fingerprint density at radius 3 is 2.34 bits per heavy atom. The van der Waals surface area contributed by atoms with Gasteiger partial charge in [0.2, 0.25) is 5.91 Å². The highest BCUT2D eigenvalue weighted by atomic mass is 32.2. The monoisotopic (exact) mass is 499 g/mol. The van der Waals surface area contributed by atoms with Gasteiger partial charge >= 0.3 is 0 Å². The number of rotatable bonds is 9. The molecule has 4 rings (SSSR count). The zero-order chi connectivity index (χ0) is 24.8. The number of nitrogens with one attached hydrogen (secondary N) is 1. The summed E-state index contributed by atoms with van der Waals surface area (Å²) in [5.74, 6) is -0.246. The van der Waals surface area contributed by atoms with Crippen LogP contribution < -0.4 is 24.0 Å². The molecule has 0 bridgehead atoms. The first-order valence-electron chi connectivity index (χ1n) is 11.1. The van der Waals surface area contributed by atoms with Gasteiger partial charge in [0.15, 0.2) is 11.5 Å². The summed E-state index contributed by atoms with van der Waals surface area (Å²) in [6.07, 6.45) is 0. The second-order valence-corrected chi connectivity index (χ2v) is 9.76. The third-order valence-corrected chi connectivity index (χ3v) is 7.24. The standard InChI is InChI=1S/C25H26FN3O5S/c1-28(20-5-3-2-4-6-20)14-13-27-25(30)18-29(21-9-7-19(26)8-10-21)35(31,32)22-11-12-23-24(17-22)34-16-15-33-23/h2-12,17H,13-16,18H2,1H3,(H,27,30). The molecule has 8 nitrogen and oxygen atoms in total. The number of fused-ring (bicyclic) bond motifs is 1. The summed E-state index contributed by atoms with van der Waals surface area (Å²) >= 11 is 0. The van der Waals surface area contributed by atoms with E-state index in [9.17, 15) is 17.6 Å². The molecule has 1 heterocycles. The molecule has 35 heavy (non-hydrogen) atoms. The second-order valence-electron chi connectivity index (χ2n) is 7.90. The van der Waals surface area contributed by atoms with Crippen LogP contribution in [0.2, 0.25) is 0 Å². The van der Waals surface area contributed by atoms with E-state index >= 15 is 0 Å². The Morgan fingerprint density at radius 2 is 1.63 bits per heavy atom. The number of anilines is 2. The number of sulfonamides is 1. The Kier molecular flexibility index (Phi) is 7.40. The van der Waals surface area contributed by atoms with Crippen LogP contribution in [-0.2, 0) is 14.8 Å². The van der Waals surface area contributed by atoms with Crippen LogP contribution >= 0.6 is 0 Å². The van der Waals surface area contributed by atoms with Gasteiger partial charge in [0, 0.05) is 31.9 Å². The zero-order valence-corrected chi connectivity index (χ0v) is 20.0. The largest absolute Gasteiger partial charge is 0.486 e. The highest BCUT2D eigenvalue weighted by Gasteiger charge is 2.29. The Hall–Kier alpha value is -3.79. The molecule has 0 aromatic heterocycles. The lowest BCUT2D eigenvalue weighted by atomic mass is 10.3. The fourth-order valence-corrected chi connectivity index (χ4v) is 5.03. The van der Waals surface area contributed by atoms with E-state index in [1.165, 1.54) is 30.3 Å². The van der Waals surface area contributed by atoms with E-state index in [1.807, 2.05) is 42.3 Å². The van der Waals surface area contributed by atoms with Gasteiger partial charge in [-0.1, -0.05) is 18.2 Å². The molecule has 3 aromatic rings. The van der Waals surface area contributed by atoms with Gasteiger partial charge in [0.1, 0.15) is 25.6 Å². The predicted molar refractivity (Wildman–Crippen MR) is 131 cm³/mol. The fourth-order valence-electron chi connectivity index (χ4n) is 3.59. The van der Waals surface area contributed by atoms with Gasteiger partial charge in [-0.2, -0.15) is 0 Å². The number of halogens is 1. The number of benzene rings is 3. The lowest BCUT2D eigenvalue weighted by molar-refractivity contribution is -0.119. The summed E-state index contributed by atoms with van der Waals surface area (Å²) in [6, 6.07) is 18.9. The summed E-state index contributed by atoms with van der Waals surface area (Å²) < 4.78 is 52.6. The number of hydrogen-bond donors (Lipinski definition) is 1. The van der Waals surface area contributed by atoms with Crippen molar-refractivity contribution in [3.8, 4) is 11.5 Å². The van der Waals surface area contributed by atoms with Crippen molar-refractivity contribution in [3.63, 3.8) is 0 Å². The number of ether oxygens (including phenoxy) is 2. The van der Waals surface area contributed by atoms with E-state index in [0.29, 0.717) is 37.8 Å². The molecule has 0 saturated heterocycles. The molecular formula is C25H26FN3O5S. The third kappa shape index (κ3) is 5.83. The van der Waals surface area contributed by atoms with Gasteiger partial charge in [0.05, 0.1) is 10.6 Å². The molecule has 0 aliphatic carbocycles. The molecule has 1 amide bonds. The van der Waals surface area contributed by atoms with Gasteiger partial charge in [-0.25, -0.2) is 12.8 Å². The van der Waals surface area contributed by atoms with Crippen molar-refractivity contribution in [1.82, 2.24) is 5.32 Å². The maximum atomic E-state index is 13.6. The Morgan fingerprint density at radius 1 is 0.943 bits per heavy atom. The molecule has 0 saturated carbocycles. The normalized spacial score (nSPS) is 12.6. The molecule has 0 fully saturated rings. The summed E-state index contributed by atoms with van der Waals surface area (Å²) in [5, 5.41) is 2.76. The summed E-state index contributed by atoms with van der Waals surface area (Å²) in [4.78, 5) is 14.7. The van der Waals surface area contributed by atoms with Crippen LogP contribution in [0.25, 0.3) is 0 Å². The summed E-state index contributed by atoms with van der Waals surface area (Å²) in [6.45, 7) is 1.04. The van der Waals surface area contributed by atoms with Crippen LogP contribution in [0.5, 0.6) is 11.5 Å². The fraction of sp³-hybridized carbons (Fsp3) is 0.240. The number of nitrogens with zero attached hydrogens (tertiary/aromatic N) is 2. The van der Waals surface area contributed by atoms with E-state index in [2.05, 4.69) is 5.32 Å². The Bertz CT molecular complexity index is 1270. The van der Waals surface area contributed by atoms with Crippen molar-refractivity contribution in [3.05, 3.63) is 78.6 Å². The Labute approximate surface area is 203 Å². The van der Waals surface area contributed by atoms with Crippen molar-refractivity contribution in [2.75, 3.05) is 49.1 Å². The van der Waals surface area contributed by atoms with Crippen molar-refractivity contribution in [1.29, 1.82) is 0 Å². The molecular weight excluding hydrogens is 473 g/mol. The topological polar surface area (TPSA) is 88.2 Å². The minimum Gasteiger partial charge on any atom is -0.486 e. The maximum absolute atomic E-state index is 13.6. The van der Waals surface area contributed by atoms with Gasteiger partial charge in [-0.05, 0) is 48.5 Å². The number of carbonyl (C=O) groups is 1. The molecule has 0 unspecified atom stereocenters. The quantitative estimate of drug-likeness (QED) is 0.487. The number of likely N-dealkylation sites (N-methyl/N-ethyl adjacent to an activating group) is 1. The third-order valence-electron chi connectivity index (χ3n) is 5.47. The van der Waals surface area contributed by atoms with Crippen LogP contribution in [-0.4, -0.2) is 54.2 Å². The highest BCUT2D eigenvalue weighted by Crippen LogP contribution is 2.34. The van der Waals surface area contributed by atoms with E-state index < -0.39 is 28.3 Å². The van der Waals surface area contributed by atoms with Gasteiger partial charge in [-0.3, -0.25) is 9.10 Å². The van der Waals surface area contributed by atoms with Crippen LogP contribution in [0.15, 0.2) is 77.7 Å².